The number of fused-ring (bicyclic) bond motifs is 5. The van der Waals surface area contributed by atoms with Crippen molar-refractivity contribution in [3.63, 3.8) is 0 Å². The van der Waals surface area contributed by atoms with E-state index in [1.165, 1.54) is 0 Å². The van der Waals surface area contributed by atoms with Crippen LogP contribution >= 0.6 is 0 Å². The summed E-state index contributed by atoms with van der Waals surface area (Å²) < 4.78 is 0. The SMILES string of the molecule is c1ccc2c(c1)Nc1ccc3nc4ccccc4nc3c1N2. The molecule has 22 heavy (non-hydrogen) atoms. The maximum absolute atomic E-state index is 4.80. The van der Waals surface area contributed by atoms with Crippen molar-refractivity contribution in [2.45, 2.75) is 0 Å². The molecule has 0 unspecified atom stereocenters. The lowest BCUT2D eigenvalue weighted by atomic mass is 10.1. The number of nitrogens with zero attached hydrogens (tertiary/aromatic N) is 2. The molecule has 1 aromatic heterocycles. The standard InChI is InChI=1S/C18H12N4/c1-3-7-13-11(5-1)19-15-9-10-16-18(17(15)21-13)22-14-8-4-2-6-12(14)20-16/h1-10,19,21H. The first-order chi connectivity index (χ1) is 10.9. The fourth-order valence-electron chi connectivity index (χ4n) is 2.90. The Hall–Kier alpha value is -3.14. The zero-order valence-electron chi connectivity index (χ0n) is 11.7. The van der Waals surface area contributed by atoms with E-state index in [-0.39, 0.29) is 0 Å². The number of anilines is 4. The summed E-state index contributed by atoms with van der Waals surface area (Å²) >= 11 is 0. The topological polar surface area (TPSA) is 49.8 Å². The Kier molecular flexibility index (Phi) is 2.19. The Morgan fingerprint density at radius 3 is 2.05 bits per heavy atom. The number of aromatic nitrogens is 2. The number of nitrogens with one attached hydrogen (secondary N) is 2. The molecule has 104 valence electrons. The van der Waals surface area contributed by atoms with Crippen molar-refractivity contribution < 1.29 is 0 Å². The smallest absolute Gasteiger partial charge is 0.115 e. The lowest BCUT2D eigenvalue weighted by Gasteiger charge is -2.23. The molecule has 3 aromatic carbocycles. The third-order valence-electron chi connectivity index (χ3n) is 3.97. The average molecular weight is 284 g/mol. The van der Waals surface area contributed by atoms with Gasteiger partial charge < -0.3 is 10.6 Å². The van der Waals surface area contributed by atoms with Gasteiger partial charge in [0, 0.05) is 0 Å². The molecule has 2 heterocycles. The van der Waals surface area contributed by atoms with E-state index in [1.807, 2.05) is 48.5 Å². The summed E-state index contributed by atoms with van der Waals surface area (Å²) in [5, 5.41) is 6.93. The Bertz CT molecular complexity index is 1040. The number of benzene rings is 3. The summed E-state index contributed by atoms with van der Waals surface area (Å²) in [4.78, 5) is 9.51. The molecular weight excluding hydrogens is 272 g/mol. The minimum atomic E-state index is 0.887. The Morgan fingerprint density at radius 2 is 1.23 bits per heavy atom. The van der Waals surface area contributed by atoms with Crippen molar-refractivity contribution in [3.8, 4) is 0 Å². The maximum atomic E-state index is 4.80. The number of hydrogen-bond donors (Lipinski definition) is 2. The van der Waals surface area contributed by atoms with Gasteiger partial charge in [0.25, 0.3) is 0 Å². The van der Waals surface area contributed by atoms with Crippen LogP contribution in [0.2, 0.25) is 0 Å². The minimum Gasteiger partial charge on any atom is -0.352 e. The highest BCUT2D eigenvalue weighted by Gasteiger charge is 2.17. The Balaban J connectivity index is 1.81. The van der Waals surface area contributed by atoms with Gasteiger partial charge in [0.2, 0.25) is 0 Å². The molecule has 0 saturated carbocycles. The minimum absolute atomic E-state index is 0.887. The van der Waals surface area contributed by atoms with Gasteiger partial charge in [-0.15, -0.1) is 0 Å². The number of hydrogen-bond acceptors (Lipinski definition) is 4. The molecular formula is C18H12N4. The average Bonchev–Trinajstić information content (AvgIpc) is 2.58. The zero-order chi connectivity index (χ0) is 14.5. The van der Waals surface area contributed by atoms with Gasteiger partial charge in [-0.25, -0.2) is 9.97 Å². The third kappa shape index (κ3) is 1.58. The summed E-state index contributed by atoms with van der Waals surface area (Å²) in [5.41, 5.74) is 7.73. The molecule has 4 aromatic rings. The molecule has 4 heteroatoms. The van der Waals surface area contributed by atoms with Gasteiger partial charge in [-0.2, -0.15) is 0 Å². The molecule has 0 bridgehead atoms. The molecule has 0 aliphatic carbocycles. The van der Waals surface area contributed by atoms with Crippen LogP contribution in [0.5, 0.6) is 0 Å². The van der Waals surface area contributed by atoms with Crippen molar-refractivity contribution in [1.82, 2.24) is 9.97 Å². The lowest BCUT2D eigenvalue weighted by Crippen LogP contribution is -2.07. The number of rotatable bonds is 0. The molecule has 5 rings (SSSR count). The second-order valence-corrected chi connectivity index (χ2v) is 5.36. The van der Waals surface area contributed by atoms with E-state index in [9.17, 15) is 0 Å². The van der Waals surface area contributed by atoms with Crippen LogP contribution in [0, 0.1) is 0 Å². The first kappa shape index (κ1) is 11.5. The van der Waals surface area contributed by atoms with Crippen molar-refractivity contribution in [2.24, 2.45) is 0 Å². The summed E-state index contributed by atoms with van der Waals surface area (Å²) in [6.45, 7) is 0. The number of para-hydroxylation sites is 4. The molecule has 0 atom stereocenters. The highest BCUT2D eigenvalue weighted by molar-refractivity contribution is 6.04. The second-order valence-electron chi connectivity index (χ2n) is 5.36. The summed E-state index contributed by atoms with van der Waals surface area (Å²) in [6.07, 6.45) is 0. The highest BCUT2D eigenvalue weighted by atomic mass is 15.1. The molecule has 4 nitrogen and oxygen atoms in total. The lowest BCUT2D eigenvalue weighted by molar-refractivity contribution is 1.37. The maximum Gasteiger partial charge on any atom is 0.115 e. The quantitative estimate of drug-likeness (QED) is 0.408. The van der Waals surface area contributed by atoms with Gasteiger partial charge in [-0.05, 0) is 36.4 Å². The van der Waals surface area contributed by atoms with Crippen molar-refractivity contribution in [2.75, 3.05) is 10.6 Å². The molecule has 1 aliphatic rings. The van der Waals surface area contributed by atoms with E-state index in [1.54, 1.807) is 0 Å². The van der Waals surface area contributed by atoms with Crippen LogP contribution in [0.25, 0.3) is 22.1 Å². The van der Waals surface area contributed by atoms with Crippen molar-refractivity contribution in [3.05, 3.63) is 60.7 Å². The zero-order valence-corrected chi connectivity index (χ0v) is 11.7. The van der Waals surface area contributed by atoms with Crippen LogP contribution < -0.4 is 10.6 Å². The predicted octanol–water partition coefficient (Wildman–Crippen LogP) is 4.58. The van der Waals surface area contributed by atoms with Gasteiger partial charge in [0.05, 0.1) is 39.3 Å². The second kappa shape index (κ2) is 4.18. The van der Waals surface area contributed by atoms with E-state index in [4.69, 9.17) is 9.97 Å². The van der Waals surface area contributed by atoms with Gasteiger partial charge in [0.1, 0.15) is 5.52 Å². The largest absolute Gasteiger partial charge is 0.352 e. The van der Waals surface area contributed by atoms with E-state index in [0.717, 1.165) is 44.8 Å². The van der Waals surface area contributed by atoms with E-state index >= 15 is 0 Å². The summed E-state index contributed by atoms with van der Waals surface area (Å²) in [6, 6.07) is 20.2. The van der Waals surface area contributed by atoms with E-state index < -0.39 is 0 Å². The Labute approximate surface area is 126 Å². The molecule has 0 saturated heterocycles. The Morgan fingerprint density at radius 1 is 0.545 bits per heavy atom. The van der Waals surface area contributed by atoms with Gasteiger partial charge >= 0.3 is 0 Å². The van der Waals surface area contributed by atoms with Crippen LogP contribution in [0.3, 0.4) is 0 Å². The van der Waals surface area contributed by atoms with Crippen LogP contribution in [-0.2, 0) is 0 Å². The van der Waals surface area contributed by atoms with Crippen LogP contribution in [0.15, 0.2) is 60.7 Å². The fourth-order valence-corrected chi connectivity index (χ4v) is 2.90. The van der Waals surface area contributed by atoms with Crippen LogP contribution in [0.4, 0.5) is 22.7 Å². The van der Waals surface area contributed by atoms with Crippen LogP contribution in [0.1, 0.15) is 0 Å². The predicted molar refractivity (Wildman–Crippen MR) is 90.1 cm³/mol. The van der Waals surface area contributed by atoms with Gasteiger partial charge in [0.15, 0.2) is 0 Å². The van der Waals surface area contributed by atoms with Crippen LogP contribution in [-0.4, -0.2) is 9.97 Å². The third-order valence-corrected chi connectivity index (χ3v) is 3.97. The normalized spacial score (nSPS) is 12.4. The van der Waals surface area contributed by atoms with Crippen molar-refractivity contribution in [1.29, 1.82) is 0 Å². The summed E-state index contributed by atoms with van der Waals surface area (Å²) in [7, 11) is 0. The monoisotopic (exact) mass is 284 g/mol. The van der Waals surface area contributed by atoms with Gasteiger partial charge in [-0.1, -0.05) is 24.3 Å². The molecule has 1 aliphatic heterocycles. The first-order valence-electron chi connectivity index (χ1n) is 7.21. The van der Waals surface area contributed by atoms with E-state index in [2.05, 4.69) is 22.8 Å². The molecule has 0 radical (unpaired) electrons. The van der Waals surface area contributed by atoms with E-state index in [0.29, 0.717) is 0 Å². The fraction of sp³-hybridized carbons (Fsp3) is 0. The molecule has 0 fully saturated rings. The first-order valence-corrected chi connectivity index (χ1v) is 7.21. The van der Waals surface area contributed by atoms with Crippen molar-refractivity contribution >= 4 is 44.8 Å². The van der Waals surface area contributed by atoms with Gasteiger partial charge in [-0.3, -0.25) is 0 Å². The molecule has 0 spiro atoms. The highest BCUT2D eigenvalue weighted by Crippen LogP contribution is 2.41. The molecule has 0 amide bonds. The molecule has 2 N–H and O–H groups in total. The summed E-state index contributed by atoms with van der Waals surface area (Å²) in [5.74, 6) is 0.